The standard InChI is InChI=1S/C14H17ClN2O/c1-16-14-17-9-3-2-4-12(17)13(18-14)10-5-7-11(15)8-6-10/h5-8,12-13H,2-4,9H2,1H3. The fourth-order valence-corrected chi connectivity index (χ4v) is 3.02. The summed E-state index contributed by atoms with van der Waals surface area (Å²) in [6.07, 6.45) is 3.77. The molecule has 0 amide bonds. The molecule has 2 fully saturated rings. The average Bonchev–Trinajstić information content (AvgIpc) is 2.79. The highest BCUT2D eigenvalue weighted by Gasteiger charge is 2.41. The molecule has 0 radical (unpaired) electrons. The van der Waals surface area contributed by atoms with E-state index >= 15 is 0 Å². The summed E-state index contributed by atoms with van der Waals surface area (Å²) < 4.78 is 6.02. The maximum atomic E-state index is 6.02. The Labute approximate surface area is 112 Å². The van der Waals surface area contributed by atoms with Crippen molar-refractivity contribution < 1.29 is 4.74 Å². The molecular formula is C14H17ClN2O. The predicted octanol–water partition coefficient (Wildman–Crippen LogP) is 3.25. The van der Waals surface area contributed by atoms with Crippen LogP contribution in [0.5, 0.6) is 0 Å². The van der Waals surface area contributed by atoms with Crippen molar-refractivity contribution in [1.29, 1.82) is 0 Å². The van der Waals surface area contributed by atoms with E-state index < -0.39 is 0 Å². The Balaban J connectivity index is 1.90. The molecule has 2 aliphatic rings. The van der Waals surface area contributed by atoms with E-state index in [1.165, 1.54) is 24.8 Å². The number of fused-ring (bicyclic) bond motifs is 1. The number of piperidine rings is 1. The highest BCUT2D eigenvalue weighted by Crippen LogP contribution is 2.37. The third-order valence-electron chi connectivity index (χ3n) is 3.77. The van der Waals surface area contributed by atoms with Gasteiger partial charge < -0.3 is 9.64 Å². The minimum Gasteiger partial charge on any atom is -0.455 e. The van der Waals surface area contributed by atoms with Crippen molar-refractivity contribution >= 4 is 17.6 Å². The van der Waals surface area contributed by atoms with Crippen molar-refractivity contribution in [2.75, 3.05) is 13.6 Å². The number of nitrogens with zero attached hydrogens (tertiary/aromatic N) is 2. The lowest BCUT2D eigenvalue weighted by atomic mass is 9.94. The van der Waals surface area contributed by atoms with Crippen molar-refractivity contribution in [3.63, 3.8) is 0 Å². The van der Waals surface area contributed by atoms with Crippen molar-refractivity contribution in [2.24, 2.45) is 4.99 Å². The predicted molar refractivity (Wildman–Crippen MR) is 73.0 cm³/mol. The van der Waals surface area contributed by atoms with Gasteiger partial charge in [-0.2, -0.15) is 0 Å². The highest BCUT2D eigenvalue weighted by molar-refractivity contribution is 6.30. The van der Waals surface area contributed by atoms with Crippen LogP contribution in [0.1, 0.15) is 30.9 Å². The lowest BCUT2D eigenvalue weighted by molar-refractivity contribution is 0.168. The molecule has 0 aliphatic carbocycles. The largest absolute Gasteiger partial charge is 0.455 e. The molecule has 96 valence electrons. The molecular weight excluding hydrogens is 248 g/mol. The summed E-state index contributed by atoms with van der Waals surface area (Å²) >= 11 is 5.94. The van der Waals surface area contributed by atoms with Crippen LogP contribution in [0.4, 0.5) is 0 Å². The van der Waals surface area contributed by atoms with Crippen molar-refractivity contribution in [3.8, 4) is 0 Å². The van der Waals surface area contributed by atoms with E-state index in [2.05, 4.69) is 22.0 Å². The molecule has 2 aliphatic heterocycles. The van der Waals surface area contributed by atoms with Gasteiger partial charge >= 0.3 is 0 Å². The van der Waals surface area contributed by atoms with Gasteiger partial charge in [0.15, 0.2) is 0 Å². The average molecular weight is 265 g/mol. The van der Waals surface area contributed by atoms with Crippen LogP contribution in [0, 0.1) is 0 Å². The molecule has 3 rings (SSSR count). The zero-order chi connectivity index (χ0) is 12.5. The molecule has 2 heterocycles. The van der Waals surface area contributed by atoms with Crippen molar-refractivity contribution in [1.82, 2.24) is 4.90 Å². The molecule has 1 aromatic carbocycles. The fourth-order valence-electron chi connectivity index (χ4n) is 2.89. The Morgan fingerprint density at radius 2 is 2.06 bits per heavy atom. The number of ether oxygens (including phenoxy) is 1. The van der Waals surface area contributed by atoms with Gasteiger partial charge in [0.05, 0.1) is 6.04 Å². The molecule has 0 saturated carbocycles. The molecule has 0 aromatic heterocycles. The summed E-state index contributed by atoms with van der Waals surface area (Å²) in [6, 6.07) is 9.18. The number of benzene rings is 1. The number of rotatable bonds is 1. The molecule has 2 atom stereocenters. The molecule has 1 aromatic rings. The lowest BCUT2D eigenvalue weighted by Gasteiger charge is -2.30. The third kappa shape index (κ3) is 1.97. The van der Waals surface area contributed by atoms with Gasteiger partial charge in [0.2, 0.25) is 0 Å². The first kappa shape index (κ1) is 11.8. The van der Waals surface area contributed by atoms with Crippen molar-refractivity contribution in [3.05, 3.63) is 34.9 Å². The summed E-state index contributed by atoms with van der Waals surface area (Å²) in [5.74, 6) is 0. The monoisotopic (exact) mass is 264 g/mol. The maximum Gasteiger partial charge on any atom is 0.288 e. The quantitative estimate of drug-likeness (QED) is 0.778. The number of hydrogen-bond acceptors (Lipinski definition) is 2. The summed E-state index contributed by atoms with van der Waals surface area (Å²) in [5, 5.41) is 0.765. The fraction of sp³-hybridized carbons (Fsp3) is 0.500. The van der Waals surface area contributed by atoms with E-state index in [1.54, 1.807) is 7.05 Å². The SMILES string of the molecule is CN=C1OC(c2ccc(Cl)cc2)C2CCCCN12. The van der Waals surface area contributed by atoms with E-state index in [4.69, 9.17) is 16.3 Å². The summed E-state index contributed by atoms with van der Waals surface area (Å²) in [5.41, 5.74) is 1.19. The second-order valence-electron chi connectivity index (χ2n) is 4.85. The van der Waals surface area contributed by atoms with Crippen LogP contribution in [-0.2, 0) is 4.74 Å². The minimum absolute atomic E-state index is 0.0984. The Bertz CT molecular complexity index is 457. The first-order chi connectivity index (χ1) is 8.79. The molecule has 3 nitrogen and oxygen atoms in total. The highest BCUT2D eigenvalue weighted by atomic mass is 35.5. The Kier molecular flexibility index (Phi) is 3.16. The van der Waals surface area contributed by atoms with Crippen LogP contribution >= 0.6 is 11.6 Å². The Hall–Kier alpha value is -1.22. The van der Waals surface area contributed by atoms with E-state index in [1.807, 2.05) is 12.1 Å². The van der Waals surface area contributed by atoms with Crippen LogP contribution in [0.2, 0.25) is 5.02 Å². The first-order valence-corrected chi connectivity index (χ1v) is 6.83. The zero-order valence-electron chi connectivity index (χ0n) is 10.5. The van der Waals surface area contributed by atoms with Gasteiger partial charge in [-0.15, -0.1) is 0 Å². The van der Waals surface area contributed by atoms with E-state index in [9.17, 15) is 0 Å². The summed E-state index contributed by atoms with van der Waals surface area (Å²) in [7, 11) is 1.80. The lowest BCUT2D eigenvalue weighted by Crippen LogP contribution is -2.38. The summed E-state index contributed by atoms with van der Waals surface area (Å²) in [6.45, 7) is 1.06. The van der Waals surface area contributed by atoms with Gasteiger partial charge in [-0.1, -0.05) is 23.7 Å². The topological polar surface area (TPSA) is 24.8 Å². The summed E-state index contributed by atoms with van der Waals surface area (Å²) in [4.78, 5) is 6.57. The third-order valence-corrected chi connectivity index (χ3v) is 4.02. The second kappa shape index (κ2) is 4.81. The molecule has 2 saturated heterocycles. The van der Waals surface area contributed by atoms with Crippen LogP contribution in [0.25, 0.3) is 0 Å². The van der Waals surface area contributed by atoms with Crippen LogP contribution in [0.3, 0.4) is 0 Å². The smallest absolute Gasteiger partial charge is 0.288 e. The first-order valence-electron chi connectivity index (χ1n) is 6.45. The molecule has 4 heteroatoms. The Morgan fingerprint density at radius 3 is 2.78 bits per heavy atom. The van der Waals surface area contributed by atoms with Crippen molar-refractivity contribution in [2.45, 2.75) is 31.4 Å². The molecule has 0 N–H and O–H groups in total. The maximum absolute atomic E-state index is 6.02. The van der Waals surface area contributed by atoms with Crippen LogP contribution < -0.4 is 0 Å². The molecule has 2 unspecified atom stereocenters. The van der Waals surface area contributed by atoms with Gasteiger partial charge in [-0.3, -0.25) is 0 Å². The molecule has 18 heavy (non-hydrogen) atoms. The van der Waals surface area contributed by atoms with Gasteiger partial charge in [0, 0.05) is 18.6 Å². The van der Waals surface area contributed by atoms with Crippen LogP contribution in [0.15, 0.2) is 29.3 Å². The van der Waals surface area contributed by atoms with Gasteiger partial charge in [-0.25, -0.2) is 4.99 Å². The second-order valence-corrected chi connectivity index (χ2v) is 5.29. The normalized spacial score (nSPS) is 29.2. The van der Waals surface area contributed by atoms with E-state index in [0.29, 0.717) is 6.04 Å². The van der Waals surface area contributed by atoms with Gasteiger partial charge in [-0.05, 0) is 37.0 Å². The minimum atomic E-state index is 0.0984. The molecule has 0 spiro atoms. The van der Waals surface area contributed by atoms with E-state index in [-0.39, 0.29) is 6.10 Å². The number of halogens is 1. The van der Waals surface area contributed by atoms with Gasteiger partial charge in [0.25, 0.3) is 6.02 Å². The molecule has 0 bridgehead atoms. The Morgan fingerprint density at radius 1 is 1.28 bits per heavy atom. The van der Waals surface area contributed by atoms with E-state index in [0.717, 1.165) is 17.6 Å². The number of aliphatic imine (C=N–C) groups is 1. The zero-order valence-corrected chi connectivity index (χ0v) is 11.2. The van der Waals surface area contributed by atoms with Gasteiger partial charge in [0.1, 0.15) is 6.10 Å². The number of hydrogen-bond donors (Lipinski definition) is 0. The van der Waals surface area contributed by atoms with Crippen LogP contribution in [-0.4, -0.2) is 30.6 Å². The number of amidine groups is 1.